The Morgan fingerprint density at radius 1 is 1.47 bits per heavy atom. The fourth-order valence-electron chi connectivity index (χ4n) is 2.13. The molecule has 1 aliphatic rings. The number of aliphatic hydroxyl groups is 1. The van der Waals surface area contributed by atoms with Gasteiger partial charge in [0.05, 0.1) is 0 Å². The molecule has 0 spiro atoms. The number of benzene rings is 1. The molecule has 1 amide bonds. The molecule has 1 atom stereocenters. The predicted molar refractivity (Wildman–Crippen MR) is 74.8 cm³/mol. The first-order valence-corrected chi connectivity index (χ1v) is 6.62. The smallest absolute Gasteiger partial charge is 0.251 e. The maximum absolute atomic E-state index is 12.2. The van der Waals surface area contributed by atoms with Crippen LogP contribution in [0.1, 0.15) is 41.3 Å². The second-order valence-electron chi connectivity index (χ2n) is 5.15. The van der Waals surface area contributed by atoms with E-state index in [0.717, 1.165) is 11.1 Å². The maximum atomic E-state index is 12.2. The Bertz CT molecular complexity index is 535. The number of aliphatic hydroxyl groups excluding tert-OH is 1. The highest BCUT2D eigenvalue weighted by atomic mass is 16.2. The second kappa shape index (κ2) is 5.90. The zero-order chi connectivity index (χ0) is 13.8. The van der Waals surface area contributed by atoms with Gasteiger partial charge in [-0.2, -0.15) is 0 Å². The van der Waals surface area contributed by atoms with Gasteiger partial charge < -0.3 is 10.4 Å². The van der Waals surface area contributed by atoms with Crippen molar-refractivity contribution in [1.82, 2.24) is 5.32 Å². The highest BCUT2D eigenvalue weighted by molar-refractivity contribution is 5.95. The summed E-state index contributed by atoms with van der Waals surface area (Å²) in [4.78, 5) is 12.2. The molecule has 0 bridgehead atoms. The van der Waals surface area contributed by atoms with Crippen molar-refractivity contribution < 1.29 is 9.90 Å². The molecule has 0 radical (unpaired) electrons. The molecule has 19 heavy (non-hydrogen) atoms. The summed E-state index contributed by atoms with van der Waals surface area (Å²) in [6.07, 6.45) is 2.42. The van der Waals surface area contributed by atoms with E-state index in [4.69, 9.17) is 5.11 Å². The number of hydrogen-bond acceptors (Lipinski definition) is 2. The standard InChI is InChI=1S/C16H19NO2/c1-11-8-13(4-3-7-18)10-15(9-11)16(19)17-12(2)14-5-6-14/h8-10,12,14,18H,5-7H2,1-2H3,(H,17,19). The van der Waals surface area contributed by atoms with Crippen molar-refractivity contribution in [3.63, 3.8) is 0 Å². The molecule has 3 nitrogen and oxygen atoms in total. The summed E-state index contributed by atoms with van der Waals surface area (Å²) in [5, 5.41) is 11.7. The number of aryl methyl sites for hydroxylation is 1. The lowest BCUT2D eigenvalue weighted by molar-refractivity contribution is 0.0935. The Hall–Kier alpha value is -1.79. The first kappa shape index (κ1) is 13.6. The molecular formula is C16H19NO2. The van der Waals surface area contributed by atoms with Gasteiger partial charge in [-0.25, -0.2) is 0 Å². The van der Waals surface area contributed by atoms with Gasteiger partial charge in [-0.3, -0.25) is 4.79 Å². The zero-order valence-electron chi connectivity index (χ0n) is 11.4. The minimum Gasteiger partial charge on any atom is -0.384 e. The largest absolute Gasteiger partial charge is 0.384 e. The molecule has 100 valence electrons. The van der Waals surface area contributed by atoms with Crippen LogP contribution in [-0.2, 0) is 0 Å². The van der Waals surface area contributed by atoms with Gasteiger partial charge in [-0.1, -0.05) is 11.8 Å². The Kier molecular flexibility index (Phi) is 4.24. The minimum atomic E-state index is -0.172. The van der Waals surface area contributed by atoms with Crippen LogP contribution in [0.25, 0.3) is 0 Å². The van der Waals surface area contributed by atoms with E-state index in [1.54, 1.807) is 6.07 Å². The van der Waals surface area contributed by atoms with Crippen LogP contribution in [0.3, 0.4) is 0 Å². The topological polar surface area (TPSA) is 49.3 Å². The molecule has 2 N–H and O–H groups in total. The predicted octanol–water partition coefficient (Wildman–Crippen LogP) is 1.87. The summed E-state index contributed by atoms with van der Waals surface area (Å²) in [6.45, 7) is 3.82. The Morgan fingerprint density at radius 3 is 2.84 bits per heavy atom. The molecule has 1 aromatic carbocycles. The zero-order valence-corrected chi connectivity index (χ0v) is 11.4. The quantitative estimate of drug-likeness (QED) is 0.812. The first-order chi connectivity index (χ1) is 9.10. The summed E-state index contributed by atoms with van der Waals surface area (Å²) in [5.74, 6) is 6.03. The summed E-state index contributed by atoms with van der Waals surface area (Å²) < 4.78 is 0. The lowest BCUT2D eigenvalue weighted by Gasteiger charge is -2.13. The molecule has 1 saturated carbocycles. The average molecular weight is 257 g/mol. The van der Waals surface area contributed by atoms with Gasteiger partial charge in [-0.15, -0.1) is 0 Å². The van der Waals surface area contributed by atoms with Crippen LogP contribution in [0.2, 0.25) is 0 Å². The van der Waals surface area contributed by atoms with Crippen molar-refractivity contribution in [3.8, 4) is 11.8 Å². The van der Waals surface area contributed by atoms with Gasteiger partial charge in [-0.05, 0) is 56.4 Å². The van der Waals surface area contributed by atoms with E-state index in [0.29, 0.717) is 11.5 Å². The summed E-state index contributed by atoms with van der Waals surface area (Å²) in [6, 6.07) is 5.77. The molecule has 2 rings (SSSR count). The van der Waals surface area contributed by atoms with Crippen LogP contribution in [0.5, 0.6) is 0 Å². The van der Waals surface area contributed by atoms with Crippen LogP contribution in [-0.4, -0.2) is 23.7 Å². The highest BCUT2D eigenvalue weighted by Gasteiger charge is 2.29. The fraction of sp³-hybridized carbons (Fsp3) is 0.438. The third-order valence-corrected chi connectivity index (χ3v) is 3.34. The van der Waals surface area contributed by atoms with Crippen LogP contribution >= 0.6 is 0 Å². The van der Waals surface area contributed by atoms with Crippen molar-refractivity contribution in [2.24, 2.45) is 5.92 Å². The van der Waals surface area contributed by atoms with Crippen LogP contribution in [0.4, 0.5) is 0 Å². The molecule has 1 fully saturated rings. The SMILES string of the molecule is Cc1cc(C#CCO)cc(C(=O)NC(C)C2CC2)c1. The van der Waals surface area contributed by atoms with Gasteiger partial charge in [0.1, 0.15) is 6.61 Å². The molecule has 1 unspecified atom stereocenters. The van der Waals surface area contributed by atoms with E-state index < -0.39 is 0 Å². The lowest BCUT2D eigenvalue weighted by Crippen LogP contribution is -2.34. The molecule has 1 aromatic rings. The molecule has 3 heteroatoms. The average Bonchev–Trinajstić information content (AvgIpc) is 3.19. The van der Waals surface area contributed by atoms with Crippen LogP contribution < -0.4 is 5.32 Å². The van der Waals surface area contributed by atoms with Crippen molar-refractivity contribution in [1.29, 1.82) is 0 Å². The number of nitrogens with one attached hydrogen (secondary N) is 1. The fourth-order valence-corrected chi connectivity index (χ4v) is 2.13. The molecule has 0 aliphatic heterocycles. The summed E-state index contributed by atoms with van der Waals surface area (Å²) >= 11 is 0. The lowest BCUT2D eigenvalue weighted by atomic mass is 10.1. The van der Waals surface area contributed by atoms with E-state index in [1.165, 1.54) is 12.8 Å². The van der Waals surface area contributed by atoms with E-state index in [1.807, 2.05) is 19.1 Å². The molecule has 0 aromatic heterocycles. The van der Waals surface area contributed by atoms with Gasteiger partial charge in [0.15, 0.2) is 0 Å². The third kappa shape index (κ3) is 3.84. The summed E-state index contributed by atoms with van der Waals surface area (Å²) in [7, 11) is 0. The van der Waals surface area contributed by atoms with E-state index >= 15 is 0 Å². The number of carbonyl (C=O) groups is 1. The van der Waals surface area contributed by atoms with Gasteiger partial charge >= 0.3 is 0 Å². The van der Waals surface area contributed by atoms with Crippen LogP contribution in [0, 0.1) is 24.7 Å². The monoisotopic (exact) mass is 257 g/mol. The normalized spacial score (nSPS) is 15.3. The maximum Gasteiger partial charge on any atom is 0.251 e. The van der Waals surface area contributed by atoms with E-state index in [2.05, 4.69) is 24.1 Å². The number of hydrogen-bond donors (Lipinski definition) is 2. The third-order valence-electron chi connectivity index (χ3n) is 3.34. The number of rotatable bonds is 3. The van der Waals surface area contributed by atoms with Crippen molar-refractivity contribution in [2.75, 3.05) is 6.61 Å². The minimum absolute atomic E-state index is 0.0462. The first-order valence-electron chi connectivity index (χ1n) is 6.62. The molecule has 1 aliphatic carbocycles. The Labute approximate surface area is 114 Å². The number of carbonyl (C=O) groups excluding carboxylic acids is 1. The van der Waals surface area contributed by atoms with Gasteiger partial charge in [0.25, 0.3) is 5.91 Å². The summed E-state index contributed by atoms with van der Waals surface area (Å²) in [5.41, 5.74) is 2.39. The second-order valence-corrected chi connectivity index (χ2v) is 5.15. The highest BCUT2D eigenvalue weighted by Crippen LogP contribution is 2.32. The van der Waals surface area contributed by atoms with E-state index in [-0.39, 0.29) is 18.6 Å². The van der Waals surface area contributed by atoms with Crippen molar-refractivity contribution >= 4 is 5.91 Å². The van der Waals surface area contributed by atoms with Gasteiger partial charge in [0, 0.05) is 17.2 Å². The Balaban J connectivity index is 2.13. The molecule has 0 heterocycles. The van der Waals surface area contributed by atoms with Crippen LogP contribution in [0.15, 0.2) is 18.2 Å². The van der Waals surface area contributed by atoms with Crippen molar-refractivity contribution in [2.45, 2.75) is 32.7 Å². The Morgan fingerprint density at radius 2 is 2.21 bits per heavy atom. The van der Waals surface area contributed by atoms with Gasteiger partial charge in [0.2, 0.25) is 0 Å². The van der Waals surface area contributed by atoms with E-state index in [9.17, 15) is 4.79 Å². The van der Waals surface area contributed by atoms with Crippen molar-refractivity contribution in [3.05, 3.63) is 34.9 Å². The number of amides is 1. The molecular weight excluding hydrogens is 238 g/mol. The molecule has 0 saturated heterocycles.